The molecule has 2 N–H and O–H groups in total. The number of benzene rings is 2. The number of rotatable bonds is 4. The minimum atomic E-state index is -0.660. The van der Waals surface area contributed by atoms with Gasteiger partial charge in [-0.3, -0.25) is 9.59 Å². The standard InChI is InChI=1S/C22H20N6O2S/c1-27-19-9-15-7-8-23-16(15)10-20(19)31-13-18(22(27)30)24-21(29)17-12-28(26-25-17)11-14-5-3-2-4-6-14/h2-10,12,18,23H,11,13H2,1H3,(H,24,29)/t18-/m0/s1. The Hall–Kier alpha value is -3.59. The minimum absolute atomic E-state index is 0.161. The molecule has 2 aromatic heterocycles. The van der Waals surface area contributed by atoms with Gasteiger partial charge in [0.1, 0.15) is 6.04 Å². The van der Waals surface area contributed by atoms with Crippen LogP contribution in [0.15, 0.2) is 65.8 Å². The first-order chi connectivity index (χ1) is 15.1. The molecule has 0 saturated heterocycles. The van der Waals surface area contributed by atoms with Crippen LogP contribution in [0.25, 0.3) is 10.9 Å². The number of nitrogens with one attached hydrogen (secondary N) is 2. The second kappa shape index (κ2) is 7.92. The smallest absolute Gasteiger partial charge is 0.274 e. The van der Waals surface area contributed by atoms with Crippen molar-refractivity contribution < 1.29 is 9.59 Å². The molecule has 8 nitrogen and oxygen atoms in total. The normalized spacial score (nSPS) is 16.2. The fourth-order valence-corrected chi connectivity index (χ4v) is 4.75. The summed E-state index contributed by atoms with van der Waals surface area (Å²) < 4.78 is 1.61. The van der Waals surface area contributed by atoms with Crippen LogP contribution in [0.1, 0.15) is 16.1 Å². The van der Waals surface area contributed by atoms with Crippen LogP contribution in [-0.4, -0.2) is 50.6 Å². The Labute approximate surface area is 182 Å². The number of anilines is 1. The molecule has 0 unspecified atom stereocenters. The predicted molar refractivity (Wildman–Crippen MR) is 119 cm³/mol. The van der Waals surface area contributed by atoms with Gasteiger partial charge in [0, 0.05) is 34.8 Å². The maximum Gasteiger partial charge on any atom is 0.274 e. The summed E-state index contributed by atoms with van der Waals surface area (Å²) in [6, 6.07) is 15.2. The number of carbonyl (C=O) groups excluding carboxylic acids is 2. The van der Waals surface area contributed by atoms with Crippen molar-refractivity contribution >= 4 is 40.2 Å². The average Bonchev–Trinajstić information content (AvgIpc) is 3.42. The van der Waals surface area contributed by atoms with Crippen LogP contribution in [0.2, 0.25) is 0 Å². The monoisotopic (exact) mass is 432 g/mol. The minimum Gasteiger partial charge on any atom is -0.361 e. The Kier molecular flexibility index (Phi) is 4.95. The number of thioether (sulfide) groups is 1. The van der Waals surface area contributed by atoms with E-state index in [2.05, 4.69) is 20.6 Å². The second-order valence-electron chi connectivity index (χ2n) is 7.41. The van der Waals surface area contributed by atoms with Gasteiger partial charge >= 0.3 is 0 Å². The molecular formula is C22H20N6O2S. The van der Waals surface area contributed by atoms with Crippen molar-refractivity contribution in [1.82, 2.24) is 25.3 Å². The van der Waals surface area contributed by atoms with Gasteiger partial charge in [0.15, 0.2) is 5.69 Å². The number of amides is 2. The van der Waals surface area contributed by atoms with Crippen LogP contribution in [0, 0.1) is 0 Å². The van der Waals surface area contributed by atoms with Crippen molar-refractivity contribution in [1.29, 1.82) is 0 Å². The molecule has 0 radical (unpaired) electrons. The maximum absolute atomic E-state index is 13.0. The van der Waals surface area contributed by atoms with E-state index in [1.807, 2.05) is 54.7 Å². The number of H-pyrrole nitrogens is 1. The third-order valence-electron chi connectivity index (χ3n) is 5.29. The van der Waals surface area contributed by atoms with E-state index in [0.717, 1.165) is 27.0 Å². The molecule has 156 valence electrons. The molecule has 0 spiro atoms. The fourth-order valence-electron chi connectivity index (χ4n) is 3.63. The molecule has 31 heavy (non-hydrogen) atoms. The topological polar surface area (TPSA) is 95.9 Å². The molecule has 3 heterocycles. The first-order valence-corrected chi connectivity index (χ1v) is 10.8. The van der Waals surface area contributed by atoms with Gasteiger partial charge in [0.25, 0.3) is 5.91 Å². The summed E-state index contributed by atoms with van der Waals surface area (Å²) in [6.45, 7) is 0.518. The maximum atomic E-state index is 13.0. The van der Waals surface area contributed by atoms with Crippen molar-refractivity contribution in [2.24, 2.45) is 0 Å². The van der Waals surface area contributed by atoms with Gasteiger partial charge in [-0.1, -0.05) is 35.5 Å². The molecule has 1 aliphatic heterocycles. The van der Waals surface area contributed by atoms with Gasteiger partial charge in [0.2, 0.25) is 5.91 Å². The third kappa shape index (κ3) is 3.79. The Morgan fingerprint density at radius 3 is 2.94 bits per heavy atom. The van der Waals surface area contributed by atoms with E-state index < -0.39 is 11.9 Å². The van der Waals surface area contributed by atoms with Crippen LogP contribution in [0.3, 0.4) is 0 Å². The summed E-state index contributed by atoms with van der Waals surface area (Å²) in [5.41, 5.74) is 3.11. The van der Waals surface area contributed by atoms with E-state index in [-0.39, 0.29) is 11.6 Å². The lowest BCUT2D eigenvalue weighted by Crippen LogP contribution is -2.48. The van der Waals surface area contributed by atoms with Crippen molar-refractivity contribution in [3.8, 4) is 0 Å². The SMILES string of the molecule is CN1C(=O)[C@@H](NC(=O)c2cn(Cc3ccccc3)nn2)CSc2cc3[nH]ccc3cc21. The molecule has 5 rings (SSSR count). The van der Waals surface area contributed by atoms with E-state index in [1.54, 1.807) is 34.6 Å². The zero-order chi connectivity index (χ0) is 21.4. The van der Waals surface area contributed by atoms with Crippen molar-refractivity contribution in [3.05, 3.63) is 72.2 Å². The summed E-state index contributed by atoms with van der Waals surface area (Å²) in [5, 5.41) is 11.9. The van der Waals surface area contributed by atoms with Gasteiger partial charge in [0.05, 0.1) is 18.4 Å². The lowest BCUT2D eigenvalue weighted by atomic mass is 10.2. The fraction of sp³-hybridized carbons (Fsp3) is 0.182. The lowest BCUT2D eigenvalue weighted by Gasteiger charge is -2.21. The largest absolute Gasteiger partial charge is 0.361 e. The Balaban J connectivity index is 1.31. The molecule has 0 saturated carbocycles. The zero-order valence-corrected chi connectivity index (χ0v) is 17.6. The van der Waals surface area contributed by atoms with E-state index in [4.69, 9.17) is 0 Å². The Morgan fingerprint density at radius 2 is 2.10 bits per heavy atom. The van der Waals surface area contributed by atoms with Crippen molar-refractivity contribution in [2.45, 2.75) is 17.5 Å². The van der Waals surface area contributed by atoms with Gasteiger partial charge < -0.3 is 15.2 Å². The van der Waals surface area contributed by atoms with Crippen LogP contribution < -0.4 is 10.2 Å². The number of carbonyl (C=O) groups is 2. The number of hydrogen-bond acceptors (Lipinski definition) is 5. The summed E-state index contributed by atoms with van der Waals surface area (Å²) in [6.07, 6.45) is 3.47. The van der Waals surface area contributed by atoms with Crippen LogP contribution in [0.5, 0.6) is 0 Å². The first kappa shape index (κ1) is 19.4. The summed E-state index contributed by atoms with van der Waals surface area (Å²) in [4.78, 5) is 31.6. The predicted octanol–water partition coefficient (Wildman–Crippen LogP) is 2.67. The van der Waals surface area contributed by atoms with E-state index in [0.29, 0.717) is 12.3 Å². The summed E-state index contributed by atoms with van der Waals surface area (Å²) >= 11 is 1.55. The first-order valence-electron chi connectivity index (χ1n) is 9.85. The highest BCUT2D eigenvalue weighted by molar-refractivity contribution is 7.99. The summed E-state index contributed by atoms with van der Waals surface area (Å²) in [5.74, 6) is -0.136. The molecule has 2 aromatic carbocycles. The van der Waals surface area contributed by atoms with E-state index >= 15 is 0 Å². The van der Waals surface area contributed by atoms with Gasteiger partial charge in [-0.25, -0.2) is 4.68 Å². The second-order valence-corrected chi connectivity index (χ2v) is 8.47. The number of aromatic nitrogens is 4. The highest BCUT2D eigenvalue weighted by Crippen LogP contribution is 2.36. The zero-order valence-electron chi connectivity index (χ0n) is 16.8. The number of fused-ring (bicyclic) bond motifs is 2. The molecule has 1 atom stereocenters. The molecule has 0 aliphatic carbocycles. The molecule has 4 aromatic rings. The third-order valence-corrected chi connectivity index (χ3v) is 6.43. The number of nitrogens with zero attached hydrogens (tertiary/aromatic N) is 4. The molecule has 1 aliphatic rings. The quantitative estimate of drug-likeness (QED) is 0.517. The molecule has 9 heteroatoms. The molecule has 2 amide bonds. The number of hydrogen-bond donors (Lipinski definition) is 2. The Bertz CT molecular complexity index is 1270. The highest BCUT2D eigenvalue weighted by atomic mass is 32.2. The molecule has 0 fully saturated rings. The Morgan fingerprint density at radius 1 is 1.26 bits per heavy atom. The highest BCUT2D eigenvalue weighted by Gasteiger charge is 2.31. The van der Waals surface area contributed by atoms with Crippen LogP contribution in [0.4, 0.5) is 5.69 Å². The average molecular weight is 433 g/mol. The lowest BCUT2D eigenvalue weighted by molar-refractivity contribution is -0.119. The van der Waals surface area contributed by atoms with Gasteiger partial charge in [-0.15, -0.1) is 16.9 Å². The van der Waals surface area contributed by atoms with Gasteiger partial charge in [-0.05, 0) is 23.8 Å². The van der Waals surface area contributed by atoms with Crippen LogP contribution in [-0.2, 0) is 11.3 Å². The number of aromatic amines is 1. The van der Waals surface area contributed by atoms with Crippen molar-refractivity contribution in [2.75, 3.05) is 17.7 Å². The van der Waals surface area contributed by atoms with Crippen LogP contribution >= 0.6 is 11.8 Å². The van der Waals surface area contributed by atoms with Gasteiger partial charge in [-0.2, -0.15) is 0 Å². The molecule has 0 bridgehead atoms. The number of likely N-dealkylation sites (N-methyl/N-ethyl adjacent to an activating group) is 1. The van der Waals surface area contributed by atoms with E-state index in [9.17, 15) is 9.59 Å². The molecular weight excluding hydrogens is 412 g/mol. The van der Waals surface area contributed by atoms with Crippen molar-refractivity contribution in [3.63, 3.8) is 0 Å². The van der Waals surface area contributed by atoms with E-state index in [1.165, 1.54) is 0 Å². The summed E-state index contributed by atoms with van der Waals surface area (Å²) in [7, 11) is 1.74.